The van der Waals surface area contributed by atoms with Crippen molar-refractivity contribution in [1.82, 2.24) is 0 Å². The molecule has 0 bridgehead atoms. The molecule has 1 nitrogen and oxygen atoms in total. The van der Waals surface area contributed by atoms with E-state index in [4.69, 9.17) is 4.74 Å². The Morgan fingerprint density at radius 3 is 2.47 bits per heavy atom. The summed E-state index contributed by atoms with van der Waals surface area (Å²) in [6.07, 6.45) is 1.10. The number of thiol groups is 1. The molecule has 0 aliphatic heterocycles. The van der Waals surface area contributed by atoms with E-state index in [1.165, 1.54) is 16.7 Å². The van der Waals surface area contributed by atoms with E-state index in [2.05, 4.69) is 45.5 Å². The Kier molecular flexibility index (Phi) is 4.52. The molecule has 0 radical (unpaired) electrons. The van der Waals surface area contributed by atoms with E-state index in [0.29, 0.717) is 5.92 Å². The first-order valence-corrected chi connectivity index (χ1v) is 5.96. The van der Waals surface area contributed by atoms with Crippen LogP contribution in [-0.2, 0) is 6.42 Å². The number of methoxy groups -OCH3 is 1. The maximum absolute atomic E-state index is 5.30. The molecule has 15 heavy (non-hydrogen) atoms. The van der Waals surface area contributed by atoms with Crippen molar-refractivity contribution in [2.24, 2.45) is 5.92 Å². The van der Waals surface area contributed by atoms with Gasteiger partial charge in [0, 0.05) is 0 Å². The van der Waals surface area contributed by atoms with Crippen LogP contribution in [0, 0.1) is 19.8 Å². The number of benzene rings is 1. The standard InChI is InChI=1S/C13H20OS/c1-9(8-15)5-12-6-11(3)13(14-4)7-10(12)2/h6-7,9,15H,5,8H2,1-4H3. The van der Waals surface area contributed by atoms with Gasteiger partial charge in [-0.3, -0.25) is 0 Å². The molecule has 0 aliphatic rings. The topological polar surface area (TPSA) is 9.23 Å². The number of ether oxygens (including phenoxy) is 1. The summed E-state index contributed by atoms with van der Waals surface area (Å²) in [5.41, 5.74) is 3.94. The Bertz CT molecular complexity index is 334. The summed E-state index contributed by atoms with van der Waals surface area (Å²) in [7, 11) is 1.72. The normalized spacial score (nSPS) is 12.6. The molecule has 1 atom stereocenters. The lowest BCUT2D eigenvalue weighted by molar-refractivity contribution is 0.411. The zero-order valence-electron chi connectivity index (χ0n) is 10.0. The molecule has 0 fully saturated rings. The van der Waals surface area contributed by atoms with Crippen LogP contribution in [-0.4, -0.2) is 12.9 Å². The number of aryl methyl sites for hydroxylation is 2. The van der Waals surface area contributed by atoms with Crippen molar-refractivity contribution >= 4 is 12.6 Å². The molecule has 0 aliphatic carbocycles. The molecule has 1 aromatic rings. The van der Waals surface area contributed by atoms with Gasteiger partial charge in [0.05, 0.1) is 7.11 Å². The van der Waals surface area contributed by atoms with Crippen LogP contribution in [0.3, 0.4) is 0 Å². The van der Waals surface area contributed by atoms with Crippen molar-refractivity contribution in [2.45, 2.75) is 27.2 Å². The van der Waals surface area contributed by atoms with Gasteiger partial charge in [0.25, 0.3) is 0 Å². The molecule has 0 aromatic heterocycles. The highest BCUT2D eigenvalue weighted by atomic mass is 32.1. The van der Waals surface area contributed by atoms with Crippen LogP contribution < -0.4 is 4.74 Å². The number of rotatable bonds is 4. The van der Waals surface area contributed by atoms with Crippen molar-refractivity contribution in [3.8, 4) is 5.75 Å². The van der Waals surface area contributed by atoms with Gasteiger partial charge in [-0.1, -0.05) is 13.0 Å². The minimum atomic E-state index is 0.625. The lowest BCUT2D eigenvalue weighted by Crippen LogP contribution is -2.03. The molecule has 1 unspecified atom stereocenters. The minimum Gasteiger partial charge on any atom is -0.496 e. The first-order chi connectivity index (χ1) is 7.08. The summed E-state index contributed by atoms with van der Waals surface area (Å²) in [6.45, 7) is 6.46. The molecule has 0 saturated carbocycles. The summed E-state index contributed by atoms with van der Waals surface area (Å²) >= 11 is 4.32. The quantitative estimate of drug-likeness (QED) is 0.771. The average Bonchev–Trinajstić information content (AvgIpc) is 2.22. The second-order valence-electron chi connectivity index (χ2n) is 4.24. The van der Waals surface area contributed by atoms with Gasteiger partial charge in [-0.15, -0.1) is 0 Å². The van der Waals surface area contributed by atoms with Gasteiger partial charge in [-0.2, -0.15) is 12.6 Å². The fourth-order valence-corrected chi connectivity index (χ4v) is 1.86. The SMILES string of the molecule is COc1cc(C)c(CC(C)CS)cc1C. The van der Waals surface area contributed by atoms with E-state index in [1.807, 2.05) is 0 Å². The summed E-state index contributed by atoms with van der Waals surface area (Å²) in [4.78, 5) is 0. The molecule has 0 amide bonds. The summed E-state index contributed by atoms with van der Waals surface area (Å²) in [5, 5.41) is 0. The molecule has 0 heterocycles. The van der Waals surface area contributed by atoms with Gasteiger partial charge in [0.1, 0.15) is 5.75 Å². The monoisotopic (exact) mass is 224 g/mol. The van der Waals surface area contributed by atoms with Gasteiger partial charge in [0.15, 0.2) is 0 Å². The van der Waals surface area contributed by atoms with E-state index in [-0.39, 0.29) is 0 Å². The summed E-state index contributed by atoms with van der Waals surface area (Å²) < 4.78 is 5.30. The molecule has 0 spiro atoms. The summed E-state index contributed by atoms with van der Waals surface area (Å²) in [6, 6.07) is 4.35. The zero-order chi connectivity index (χ0) is 11.4. The van der Waals surface area contributed by atoms with Gasteiger partial charge in [-0.25, -0.2) is 0 Å². The van der Waals surface area contributed by atoms with Crippen LogP contribution in [0.15, 0.2) is 12.1 Å². The summed E-state index contributed by atoms with van der Waals surface area (Å²) in [5.74, 6) is 2.54. The molecule has 0 N–H and O–H groups in total. The lowest BCUT2D eigenvalue weighted by Gasteiger charge is -2.14. The lowest BCUT2D eigenvalue weighted by atomic mass is 9.96. The van der Waals surface area contributed by atoms with E-state index < -0.39 is 0 Å². The molecule has 2 heteroatoms. The second kappa shape index (κ2) is 5.45. The Morgan fingerprint density at radius 1 is 1.27 bits per heavy atom. The van der Waals surface area contributed by atoms with Crippen LogP contribution in [0.1, 0.15) is 23.6 Å². The second-order valence-corrected chi connectivity index (χ2v) is 4.61. The highest BCUT2D eigenvalue weighted by molar-refractivity contribution is 7.80. The van der Waals surface area contributed by atoms with E-state index in [9.17, 15) is 0 Å². The molecule has 84 valence electrons. The molecular formula is C13H20OS. The molecule has 0 saturated heterocycles. The fourth-order valence-electron chi connectivity index (χ4n) is 1.73. The smallest absolute Gasteiger partial charge is 0.122 e. The average molecular weight is 224 g/mol. The third kappa shape index (κ3) is 3.16. The number of hydrogen-bond acceptors (Lipinski definition) is 2. The Morgan fingerprint density at radius 2 is 1.93 bits per heavy atom. The zero-order valence-corrected chi connectivity index (χ0v) is 10.9. The van der Waals surface area contributed by atoms with Crippen LogP contribution in [0.4, 0.5) is 0 Å². The Balaban J connectivity index is 2.95. The van der Waals surface area contributed by atoms with Crippen LogP contribution in [0.2, 0.25) is 0 Å². The molecule has 1 aromatic carbocycles. The van der Waals surface area contributed by atoms with E-state index in [0.717, 1.165) is 17.9 Å². The maximum atomic E-state index is 5.30. The first-order valence-electron chi connectivity index (χ1n) is 5.33. The Labute approximate surface area is 98.3 Å². The van der Waals surface area contributed by atoms with E-state index >= 15 is 0 Å². The highest BCUT2D eigenvalue weighted by Gasteiger charge is 2.07. The van der Waals surface area contributed by atoms with Gasteiger partial charge < -0.3 is 4.74 Å². The third-order valence-electron chi connectivity index (χ3n) is 2.73. The van der Waals surface area contributed by atoms with Gasteiger partial charge >= 0.3 is 0 Å². The van der Waals surface area contributed by atoms with Crippen LogP contribution >= 0.6 is 12.6 Å². The van der Waals surface area contributed by atoms with Crippen molar-refractivity contribution in [1.29, 1.82) is 0 Å². The first kappa shape index (κ1) is 12.4. The predicted molar refractivity (Wildman–Crippen MR) is 69.2 cm³/mol. The van der Waals surface area contributed by atoms with Crippen LogP contribution in [0.25, 0.3) is 0 Å². The van der Waals surface area contributed by atoms with Crippen molar-refractivity contribution in [3.05, 3.63) is 28.8 Å². The van der Waals surface area contributed by atoms with Crippen molar-refractivity contribution in [2.75, 3.05) is 12.9 Å². The molecular weight excluding hydrogens is 204 g/mol. The Hall–Kier alpha value is -0.630. The largest absolute Gasteiger partial charge is 0.496 e. The van der Waals surface area contributed by atoms with Gasteiger partial charge in [-0.05, 0) is 54.7 Å². The third-order valence-corrected chi connectivity index (χ3v) is 3.36. The van der Waals surface area contributed by atoms with Crippen molar-refractivity contribution < 1.29 is 4.74 Å². The molecule has 1 rings (SSSR count). The van der Waals surface area contributed by atoms with Crippen molar-refractivity contribution in [3.63, 3.8) is 0 Å². The van der Waals surface area contributed by atoms with Crippen LogP contribution in [0.5, 0.6) is 5.75 Å². The maximum Gasteiger partial charge on any atom is 0.122 e. The number of hydrogen-bond donors (Lipinski definition) is 1. The minimum absolute atomic E-state index is 0.625. The van der Waals surface area contributed by atoms with E-state index in [1.54, 1.807) is 7.11 Å². The van der Waals surface area contributed by atoms with Gasteiger partial charge in [0.2, 0.25) is 0 Å². The highest BCUT2D eigenvalue weighted by Crippen LogP contribution is 2.24. The fraction of sp³-hybridized carbons (Fsp3) is 0.538. The predicted octanol–water partition coefficient (Wildman–Crippen LogP) is 3.42.